The van der Waals surface area contributed by atoms with Crippen molar-refractivity contribution >= 4 is 15.2 Å². The quantitative estimate of drug-likeness (QED) is 0.306. The largest absolute Gasteiger partial charge is 1.00 e. The second-order valence-electron chi connectivity index (χ2n) is 5.58. The van der Waals surface area contributed by atoms with Crippen LogP contribution in [0, 0.1) is 0 Å². The van der Waals surface area contributed by atoms with Crippen LogP contribution in [0.3, 0.4) is 0 Å². The molecule has 1 saturated heterocycles. The molecule has 27 heavy (non-hydrogen) atoms. The summed E-state index contributed by atoms with van der Waals surface area (Å²) in [5.41, 5.74) is 1.07. The summed E-state index contributed by atoms with van der Waals surface area (Å²) in [6.45, 7) is 3.03. The van der Waals surface area contributed by atoms with Gasteiger partial charge in [-0.1, -0.05) is 33.4 Å². The van der Waals surface area contributed by atoms with Gasteiger partial charge in [-0.15, -0.1) is 0 Å². The Morgan fingerprint density at radius 1 is 0.778 bits per heavy atom. The van der Waals surface area contributed by atoms with Crippen LogP contribution >= 0.6 is 15.2 Å². The van der Waals surface area contributed by atoms with Crippen LogP contribution in [-0.4, -0.2) is 31.2 Å². The third-order valence-electron chi connectivity index (χ3n) is 3.37. The zero-order valence-corrected chi connectivity index (χ0v) is 26.2. The van der Waals surface area contributed by atoms with E-state index >= 15 is 0 Å². The van der Waals surface area contributed by atoms with Gasteiger partial charge in [0.25, 0.3) is 0 Å². The molecular formula is C13H17NNa4O7P2. The van der Waals surface area contributed by atoms with Crippen molar-refractivity contribution in [2.45, 2.75) is 18.9 Å². The molecule has 0 aliphatic carbocycles. The van der Waals surface area contributed by atoms with E-state index in [1.807, 2.05) is 0 Å². The van der Waals surface area contributed by atoms with Crippen LogP contribution in [0.5, 0.6) is 0 Å². The Bertz CT molecular complexity index is 607. The fourth-order valence-electron chi connectivity index (χ4n) is 2.58. The van der Waals surface area contributed by atoms with Gasteiger partial charge in [0, 0.05) is 32.0 Å². The van der Waals surface area contributed by atoms with Crippen molar-refractivity contribution in [3.63, 3.8) is 0 Å². The van der Waals surface area contributed by atoms with Crippen molar-refractivity contribution in [3.05, 3.63) is 34.9 Å². The Labute approximate surface area is 248 Å². The number of nitrogens with zero attached hydrogens (tertiary/aromatic N) is 1. The fraction of sp³-hybridized carbons (Fsp3) is 0.538. The van der Waals surface area contributed by atoms with Crippen molar-refractivity contribution in [2.24, 2.45) is 0 Å². The molecule has 14 heteroatoms. The molecule has 0 N–H and O–H groups in total. The maximum Gasteiger partial charge on any atom is 1.00 e. The predicted molar refractivity (Wildman–Crippen MR) is 75.2 cm³/mol. The van der Waals surface area contributed by atoms with E-state index in [0.29, 0.717) is 38.4 Å². The molecule has 0 radical (unpaired) electrons. The first-order valence-corrected chi connectivity index (χ1v) is 10.5. The molecule has 0 aromatic heterocycles. The van der Waals surface area contributed by atoms with E-state index in [0.717, 1.165) is 0 Å². The smallest absolute Gasteiger partial charge is 0.810 e. The zero-order chi connectivity index (χ0) is 17.1. The van der Waals surface area contributed by atoms with Crippen LogP contribution in [0.2, 0.25) is 0 Å². The second-order valence-corrected chi connectivity index (χ2v) is 8.66. The number of rotatable bonds is 6. The number of hydrogen-bond acceptors (Lipinski definition) is 8. The normalized spacial score (nSPS) is 14.8. The monoisotopic (exact) mass is 453 g/mol. The molecule has 0 saturated carbocycles. The number of benzene rings is 1. The minimum absolute atomic E-state index is 0. The van der Waals surface area contributed by atoms with Crippen molar-refractivity contribution < 1.29 is 152 Å². The Morgan fingerprint density at radius 2 is 1.15 bits per heavy atom. The summed E-state index contributed by atoms with van der Waals surface area (Å²) in [4.78, 5) is 45.9. The van der Waals surface area contributed by atoms with Crippen LogP contribution in [0.15, 0.2) is 18.2 Å². The minimum atomic E-state index is -4.78. The van der Waals surface area contributed by atoms with E-state index < -0.39 is 27.5 Å². The first-order valence-electron chi connectivity index (χ1n) is 7.05. The van der Waals surface area contributed by atoms with Gasteiger partial charge in [0.05, 0.1) is 13.2 Å². The molecule has 1 aliphatic rings. The summed E-state index contributed by atoms with van der Waals surface area (Å²) >= 11 is 0. The van der Waals surface area contributed by atoms with Crippen molar-refractivity contribution in [2.75, 3.05) is 26.3 Å². The first kappa shape index (κ1) is 35.0. The van der Waals surface area contributed by atoms with Crippen LogP contribution in [0.4, 0.5) is 0 Å². The maximum absolute atomic E-state index is 11.0. The minimum Gasteiger partial charge on any atom is -0.810 e. The van der Waals surface area contributed by atoms with Gasteiger partial charge in [-0.3, -0.25) is 4.90 Å². The first-order chi connectivity index (χ1) is 10.6. The molecule has 1 fully saturated rings. The number of morpholine rings is 1. The van der Waals surface area contributed by atoms with Gasteiger partial charge >= 0.3 is 118 Å². The molecule has 0 bridgehead atoms. The summed E-state index contributed by atoms with van der Waals surface area (Å²) in [6, 6.07) is 4.40. The van der Waals surface area contributed by atoms with E-state index in [4.69, 9.17) is 4.74 Å². The van der Waals surface area contributed by atoms with E-state index in [1.54, 1.807) is 12.1 Å². The van der Waals surface area contributed by atoms with Gasteiger partial charge in [-0.25, -0.2) is 0 Å². The van der Waals surface area contributed by atoms with Gasteiger partial charge in [0.1, 0.15) is 0 Å². The summed E-state index contributed by atoms with van der Waals surface area (Å²) in [6.07, 6.45) is -1.42. The van der Waals surface area contributed by atoms with E-state index in [9.17, 15) is 28.7 Å². The van der Waals surface area contributed by atoms with Crippen molar-refractivity contribution in [1.82, 2.24) is 4.90 Å². The number of hydrogen-bond donors (Lipinski definition) is 0. The molecule has 2 rings (SSSR count). The van der Waals surface area contributed by atoms with Crippen LogP contribution in [-0.2, 0) is 32.7 Å². The Hall–Kier alpha value is 3.44. The van der Waals surface area contributed by atoms with E-state index in [2.05, 4.69) is 4.90 Å². The molecule has 0 atom stereocenters. The van der Waals surface area contributed by atoms with Crippen LogP contribution in [0.25, 0.3) is 0 Å². The topological polar surface area (TPSA) is 139 Å². The summed E-state index contributed by atoms with van der Waals surface area (Å²) in [5.74, 6) is 0. The SMILES string of the molecule is O=P([O-])([O-])Cc1cc(CN2CCOCC2)cc(CP(=O)([O-])[O-])c1.[Na+].[Na+].[Na+].[Na+]. The van der Waals surface area contributed by atoms with E-state index in [1.165, 1.54) is 6.07 Å². The third-order valence-corrected chi connectivity index (χ3v) is 4.88. The molecule has 0 spiro atoms. The average Bonchev–Trinajstić information content (AvgIpc) is 2.35. The summed E-state index contributed by atoms with van der Waals surface area (Å²) < 4.78 is 27.2. The van der Waals surface area contributed by atoms with Crippen LogP contribution < -0.4 is 138 Å². The van der Waals surface area contributed by atoms with Gasteiger partial charge in [-0.05, 0) is 16.7 Å². The standard InChI is InChI=1S/C13H21NO7P2.4Na/c15-22(16,17)9-12-5-11(8-14-1-3-21-4-2-14)6-13(7-12)10-23(18,19)20;;;;/h5-7H,1-4,8-10H2,(H2,15,16,17)(H2,18,19,20);;;;/q;4*+1/p-4. The molecule has 1 heterocycles. The van der Waals surface area contributed by atoms with Crippen LogP contribution in [0.1, 0.15) is 16.7 Å². The third kappa shape index (κ3) is 15.8. The maximum atomic E-state index is 11.0. The molecule has 0 unspecified atom stereocenters. The van der Waals surface area contributed by atoms with Crippen molar-refractivity contribution in [1.29, 1.82) is 0 Å². The van der Waals surface area contributed by atoms with Gasteiger partial charge in [0.15, 0.2) is 0 Å². The molecule has 1 aromatic rings. The molecule has 0 amide bonds. The zero-order valence-electron chi connectivity index (χ0n) is 16.4. The summed E-state index contributed by atoms with van der Waals surface area (Å²) in [7, 11) is -9.56. The van der Waals surface area contributed by atoms with Gasteiger partial charge in [-0.2, -0.15) is 0 Å². The average molecular weight is 453 g/mol. The van der Waals surface area contributed by atoms with Gasteiger partial charge in [0.2, 0.25) is 0 Å². The molecule has 1 aromatic carbocycles. The van der Waals surface area contributed by atoms with E-state index in [-0.39, 0.29) is 129 Å². The second kappa shape index (κ2) is 16.1. The number of ether oxygens (including phenoxy) is 1. The predicted octanol–water partition coefficient (Wildman–Crippen LogP) is -13.6. The molecule has 1 aliphatic heterocycles. The summed E-state index contributed by atoms with van der Waals surface area (Å²) in [5, 5.41) is 0. The Kier molecular flexibility index (Phi) is 20.9. The fourth-order valence-corrected chi connectivity index (χ4v) is 3.84. The Balaban J connectivity index is -0.00000144. The molecule has 130 valence electrons. The van der Waals surface area contributed by atoms with Crippen molar-refractivity contribution in [3.8, 4) is 0 Å². The molecular weight excluding hydrogens is 436 g/mol. The Morgan fingerprint density at radius 3 is 1.52 bits per heavy atom. The van der Waals surface area contributed by atoms with Gasteiger partial charge < -0.3 is 33.4 Å². The molecule has 8 nitrogen and oxygen atoms in total.